The molecule has 15 nitrogen and oxygen atoms in total. The topological polar surface area (TPSA) is 200 Å². The monoisotopic (exact) mass is 851 g/mol. The van der Waals surface area contributed by atoms with Crippen LogP contribution < -0.4 is 5.32 Å². The number of azo groups is 1. The number of nitrogens with one attached hydrogen (secondary N) is 2. The molecule has 7 rings (SSSR count). The number of ether oxygens (including phenoxy) is 2. The maximum absolute atomic E-state index is 14.8. The minimum Gasteiger partial charge on any atom is -0.507 e. The van der Waals surface area contributed by atoms with Crippen LogP contribution in [0.25, 0.3) is 22.1 Å². The molecule has 0 radical (unpaired) electrons. The zero-order chi connectivity index (χ0) is 44.3. The standard InChI is InChI=1S/C48H53N9O6/c1-48(2,3)63-47(61)51-26-11-10-16-40(45(60)62-31-34-14-8-5-9-15-34)56(30-33-12-6-4-7-13-33)44(59)38-28-35(19-22-41(38)58)54-55-46-53-39-29-52-43-37(24-27-50-43)42(39)57(46)36-20-17-32(18-21-36)23-25-49/h4-9,12-15,19,22,24,27-29,32,36,40,58H,10-11,16-18,20-21,23,26,30-31H2,1-3H3,(H,50,52)(H,51,61)/t32?,36?,40-/m1/s1. The number of carbonyl (C=O) groups excluding carboxylic acids is 3. The number of hydrogen-bond acceptors (Lipinski definition) is 11. The maximum atomic E-state index is 14.8. The number of rotatable bonds is 16. The van der Waals surface area contributed by atoms with Crippen molar-refractivity contribution in [3.63, 3.8) is 0 Å². The molecular weight excluding hydrogens is 799 g/mol. The highest BCUT2D eigenvalue weighted by atomic mass is 16.6. The highest BCUT2D eigenvalue weighted by molar-refractivity contribution is 6.02. The van der Waals surface area contributed by atoms with Crippen molar-refractivity contribution in [2.45, 2.75) is 103 Å². The van der Waals surface area contributed by atoms with E-state index in [1.54, 1.807) is 33.0 Å². The van der Waals surface area contributed by atoms with E-state index >= 15 is 0 Å². The number of carbonyl (C=O) groups is 3. The van der Waals surface area contributed by atoms with Crippen molar-refractivity contribution in [3.05, 3.63) is 114 Å². The van der Waals surface area contributed by atoms with E-state index in [0.29, 0.717) is 43.2 Å². The summed E-state index contributed by atoms with van der Waals surface area (Å²) in [6.45, 7) is 5.69. The lowest BCUT2D eigenvalue weighted by atomic mass is 9.84. The molecule has 1 atom stereocenters. The number of nitrogens with zero attached hydrogens (tertiary/aromatic N) is 7. The lowest BCUT2D eigenvalue weighted by Crippen LogP contribution is -2.45. The molecule has 0 saturated heterocycles. The molecule has 1 saturated carbocycles. The second-order valence-electron chi connectivity index (χ2n) is 16.9. The second kappa shape index (κ2) is 20.2. The third kappa shape index (κ3) is 11.3. The number of phenolic OH excluding ortho intramolecular Hbond substituents is 1. The fourth-order valence-corrected chi connectivity index (χ4v) is 8.04. The lowest BCUT2D eigenvalue weighted by molar-refractivity contribution is -0.151. The van der Waals surface area contributed by atoms with Crippen molar-refractivity contribution in [1.29, 1.82) is 5.26 Å². The number of aromatic nitrogens is 4. The van der Waals surface area contributed by atoms with Crippen LogP contribution in [-0.4, -0.2) is 65.7 Å². The predicted molar refractivity (Wildman–Crippen MR) is 237 cm³/mol. The summed E-state index contributed by atoms with van der Waals surface area (Å²) in [6.07, 6.45) is 8.20. The van der Waals surface area contributed by atoms with Gasteiger partial charge in [0, 0.05) is 37.1 Å². The molecule has 1 aliphatic rings. The van der Waals surface area contributed by atoms with Gasteiger partial charge in [-0.2, -0.15) is 5.26 Å². The maximum Gasteiger partial charge on any atom is 0.407 e. The number of alkyl carbamates (subject to hydrolysis) is 1. The Balaban J connectivity index is 1.18. The van der Waals surface area contributed by atoms with Gasteiger partial charge in [0.15, 0.2) is 0 Å². The van der Waals surface area contributed by atoms with Crippen molar-refractivity contribution in [2.75, 3.05) is 6.54 Å². The number of amides is 2. The zero-order valence-electron chi connectivity index (χ0n) is 35.9. The first-order valence-electron chi connectivity index (χ1n) is 21.5. The first-order chi connectivity index (χ1) is 30.5. The molecule has 6 aromatic rings. The van der Waals surface area contributed by atoms with Crippen LogP contribution in [0.2, 0.25) is 0 Å². The number of phenols is 1. The normalized spacial score (nSPS) is 15.8. The molecule has 0 unspecified atom stereocenters. The van der Waals surface area contributed by atoms with Crippen LogP contribution in [0.4, 0.5) is 16.4 Å². The number of pyridine rings is 1. The summed E-state index contributed by atoms with van der Waals surface area (Å²) >= 11 is 0. The Morgan fingerprint density at radius 3 is 2.43 bits per heavy atom. The Labute approximate surface area is 366 Å². The van der Waals surface area contributed by atoms with E-state index in [0.717, 1.165) is 53.4 Å². The molecule has 1 fully saturated rings. The molecule has 3 heterocycles. The smallest absolute Gasteiger partial charge is 0.407 e. The van der Waals surface area contributed by atoms with Gasteiger partial charge < -0.3 is 34.3 Å². The van der Waals surface area contributed by atoms with Crippen molar-refractivity contribution < 1.29 is 29.0 Å². The molecule has 0 aliphatic heterocycles. The van der Waals surface area contributed by atoms with E-state index in [1.165, 1.54) is 17.0 Å². The summed E-state index contributed by atoms with van der Waals surface area (Å²) in [5, 5.41) is 33.5. The summed E-state index contributed by atoms with van der Waals surface area (Å²) in [5.41, 5.74) is 3.40. The molecule has 3 N–H and O–H groups in total. The molecule has 3 aromatic heterocycles. The number of imidazole rings is 1. The second-order valence-corrected chi connectivity index (χ2v) is 16.9. The fourth-order valence-electron chi connectivity index (χ4n) is 8.04. The summed E-state index contributed by atoms with van der Waals surface area (Å²) in [7, 11) is 0. The van der Waals surface area contributed by atoms with E-state index in [9.17, 15) is 24.8 Å². The fraction of sp³-hybridized carbons (Fsp3) is 0.375. The van der Waals surface area contributed by atoms with Gasteiger partial charge in [-0.3, -0.25) is 4.79 Å². The summed E-state index contributed by atoms with van der Waals surface area (Å²) in [4.78, 5) is 55.3. The van der Waals surface area contributed by atoms with Gasteiger partial charge in [-0.15, -0.1) is 10.2 Å². The first kappa shape index (κ1) is 44.0. The van der Waals surface area contributed by atoms with Gasteiger partial charge in [-0.05, 0) is 107 Å². The van der Waals surface area contributed by atoms with Crippen LogP contribution in [0.1, 0.15) is 99.7 Å². The zero-order valence-corrected chi connectivity index (χ0v) is 35.9. The third-order valence-corrected chi connectivity index (χ3v) is 11.1. The highest BCUT2D eigenvalue weighted by Crippen LogP contribution is 2.40. The SMILES string of the molecule is CC(C)(C)OC(=O)NCCCC[C@H](C(=O)OCc1ccccc1)N(Cc1ccccc1)C(=O)c1cc(N=Nc2nc3cnc4[nH]ccc4c3n2C2CCC(CC#N)CC2)ccc1O. The van der Waals surface area contributed by atoms with E-state index in [-0.39, 0.29) is 42.6 Å². The molecular formula is C48H53N9O6. The molecule has 3 aromatic carbocycles. The molecule has 15 heteroatoms. The van der Waals surface area contributed by atoms with Crippen molar-refractivity contribution >= 4 is 51.7 Å². The Bertz CT molecular complexity index is 2590. The highest BCUT2D eigenvalue weighted by Gasteiger charge is 2.33. The summed E-state index contributed by atoms with van der Waals surface area (Å²) < 4.78 is 13.3. The number of H-pyrrole nitrogens is 1. The van der Waals surface area contributed by atoms with Crippen LogP contribution in [0.3, 0.4) is 0 Å². The van der Waals surface area contributed by atoms with Crippen LogP contribution in [0.5, 0.6) is 5.75 Å². The van der Waals surface area contributed by atoms with Gasteiger partial charge >= 0.3 is 12.1 Å². The number of esters is 1. The number of aromatic hydroxyl groups is 1. The molecule has 1 aliphatic carbocycles. The number of unbranched alkanes of at least 4 members (excludes halogenated alkanes) is 1. The Hall–Kier alpha value is -7.08. The van der Waals surface area contributed by atoms with Gasteiger partial charge in [0.1, 0.15) is 35.2 Å². The molecule has 2 amide bonds. The van der Waals surface area contributed by atoms with E-state index < -0.39 is 29.6 Å². The average molecular weight is 852 g/mol. The van der Waals surface area contributed by atoms with E-state index in [4.69, 9.17) is 14.5 Å². The van der Waals surface area contributed by atoms with Crippen molar-refractivity contribution in [1.82, 2.24) is 29.7 Å². The predicted octanol–water partition coefficient (Wildman–Crippen LogP) is 10.1. The number of nitriles is 1. The van der Waals surface area contributed by atoms with Crippen LogP contribution in [0, 0.1) is 17.2 Å². The van der Waals surface area contributed by atoms with Gasteiger partial charge in [0.2, 0.25) is 0 Å². The Kier molecular flexibility index (Phi) is 14.1. The van der Waals surface area contributed by atoms with Crippen LogP contribution >= 0.6 is 0 Å². The summed E-state index contributed by atoms with van der Waals surface area (Å²) in [5.74, 6) is -0.786. The van der Waals surface area contributed by atoms with Gasteiger partial charge in [0.25, 0.3) is 11.9 Å². The van der Waals surface area contributed by atoms with E-state index in [1.807, 2.05) is 72.9 Å². The molecule has 63 heavy (non-hydrogen) atoms. The van der Waals surface area contributed by atoms with Crippen molar-refractivity contribution in [3.8, 4) is 11.8 Å². The third-order valence-electron chi connectivity index (χ3n) is 11.1. The number of hydrogen-bond donors (Lipinski definition) is 3. The van der Waals surface area contributed by atoms with Crippen LogP contribution in [-0.2, 0) is 27.4 Å². The Morgan fingerprint density at radius 2 is 1.71 bits per heavy atom. The molecule has 326 valence electrons. The van der Waals surface area contributed by atoms with Crippen LogP contribution in [0.15, 0.2) is 108 Å². The largest absolute Gasteiger partial charge is 0.507 e. The minimum absolute atomic E-state index is 0.00259. The lowest BCUT2D eigenvalue weighted by Gasteiger charge is -2.31. The molecule has 0 bridgehead atoms. The number of benzene rings is 3. The minimum atomic E-state index is -1.06. The van der Waals surface area contributed by atoms with E-state index in [2.05, 4.69) is 36.1 Å². The Morgan fingerprint density at radius 1 is 0.984 bits per heavy atom. The average Bonchev–Trinajstić information content (AvgIpc) is 3.91. The van der Waals surface area contributed by atoms with Gasteiger partial charge in [-0.1, -0.05) is 60.7 Å². The number of fused-ring (bicyclic) bond motifs is 3. The molecule has 0 spiro atoms. The number of aromatic amines is 1. The van der Waals surface area contributed by atoms with Gasteiger partial charge in [-0.25, -0.2) is 19.6 Å². The van der Waals surface area contributed by atoms with Gasteiger partial charge in [0.05, 0.1) is 29.0 Å². The van der Waals surface area contributed by atoms with Crippen molar-refractivity contribution in [2.24, 2.45) is 16.1 Å². The quantitative estimate of drug-likeness (QED) is 0.0481. The first-order valence-corrected chi connectivity index (χ1v) is 21.5. The summed E-state index contributed by atoms with van der Waals surface area (Å²) in [6, 6.07) is 26.3.